The van der Waals surface area contributed by atoms with Crippen LogP contribution in [-0.4, -0.2) is 59.3 Å². The molecule has 13 heteroatoms. The fourth-order valence-corrected chi connectivity index (χ4v) is 5.58. The topological polar surface area (TPSA) is 131 Å². The molecule has 2 aromatic carbocycles. The van der Waals surface area contributed by atoms with Gasteiger partial charge in [0.05, 0.1) is 53.5 Å². The highest BCUT2D eigenvalue weighted by Gasteiger charge is 2.25. The number of ether oxygens (including phenoxy) is 2. The molecule has 11 nitrogen and oxygen atoms in total. The minimum atomic E-state index is -1.21. The Morgan fingerprint density at radius 3 is 2.65 bits per heavy atom. The Kier molecular flexibility index (Phi) is 8.89. The van der Waals surface area contributed by atoms with E-state index in [-0.39, 0.29) is 35.1 Å². The van der Waals surface area contributed by atoms with Gasteiger partial charge in [-0.1, -0.05) is 6.07 Å². The van der Waals surface area contributed by atoms with Crippen molar-refractivity contribution in [2.45, 2.75) is 52.1 Å². The van der Waals surface area contributed by atoms with Crippen molar-refractivity contribution in [2.24, 2.45) is 0 Å². The molecule has 1 fully saturated rings. The standard InChI is InChI=1S/C33H31F2N7O4/c1-2-41-20-37-16-24(41)17-42-28-14-22(33(43)44)13-27(35)32(28)39-30(42)18-40-10-8-25(9-11-40)46-31-5-3-4-23(38-31)19-45-29-7-6-21(15-36)12-26(29)34/h3-7,12-14,16,20,25H,2,8-11,17-19H2,1H3,(H,43,44). The van der Waals surface area contributed by atoms with Crippen molar-refractivity contribution >= 4 is 17.0 Å². The Hall–Kier alpha value is -5.35. The van der Waals surface area contributed by atoms with E-state index in [2.05, 4.69) is 19.9 Å². The van der Waals surface area contributed by atoms with Gasteiger partial charge in [0.1, 0.15) is 24.1 Å². The van der Waals surface area contributed by atoms with Gasteiger partial charge in [-0.2, -0.15) is 5.26 Å². The van der Waals surface area contributed by atoms with Crippen LogP contribution in [0.3, 0.4) is 0 Å². The van der Waals surface area contributed by atoms with Crippen molar-refractivity contribution in [3.63, 3.8) is 0 Å². The molecule has 0 atom stereocenters. The fourth-order valence-electron chi connectivity index (χ4n) is 5.58. The maximum Gasteiger partial charge on any atom is 0.335 e. The second-order valence-electron chi connectivity index (χ2n) is 11.0. The third-order valence-electron chi connectivity index (χ3n) is 8.00. The van der Waals surface area contributed by atoms with Gasteiger partial charge in [0.15, 0.2) is 17.4 Å². The van der Waals surface area contributed by atoms with E-state index < -0.39 is 17.6 Å². The van der Waals surface area contributed by atoms with E-state index in [9.17, 15) is 14.3 Å². The first-order valence-corrected chi connectivity index (χ1v) is 14.9. The lowest BCUT2D eigenvalue weighted by Gasteiger charge is -2.31. The van der Waals surface area contributed by atoms with Gasteiger partial charge < -0.3 is 23.7 Å². The number of pyridine rings is 1. The maximum atomic E-state index is 15.0. The molecule has 236 valence electrons. The molecular formula is C33H31F2N7O4. The average Bonchev–Trinajstić information content (AvgIpc) is 3.66. The van der Waals surface area contributed by atoms with Crippen molar-refractivity contribution in [1.82, 2.24) is 29.0 Å². The van der Waals surface area contributed by atoms with E-state index >= 15 is 4.39 Å². The quantitative estimate of drug-likeness (QED) is 0.211. The number of aryl methyl sites for hydroxylation is 1. The Bertz CT molecular complexity index is 1930. The number of halogens is 2. The summed E-state index contributed by atoms with van der Waals surface area (Å²) in [6.07, 6.45) is 4.84. The summed E-state index contributed by atoms with van der Waals surface area (Å²) in [5.41, 5.74) is 2.11. The Labute approximate surface area is 263 Å². The van der Waals surface area contributed by atoms with Crippen LogP contribution in [0.5, 0.6) is 11.6 Å². The molecule has 0 aliphatic carbocycles. The number of rotatable bonds is 11. The summed E-state index contributed by atoms with van der Waals surface area (Å²) in [5, 5.41) is 18.5. The smallest absolute Gasteiger partial charge is 0.335 e. The molecule has 0 saturated carbocycles. The van der Waals surface area contributed by atoms with Gasteiger partial charge in [-0.3, -0.25) is 4.90 Å². The van der Waals surface area contributed by atoms with E-state index in [4.69, 9.17) is 14.7 Å². The Morgan fingerprint density at radius 1 is 1.09 bits per heavy atom. The van der Waals surface area contributed by atoms with Gasteiger partial charge in [-0.15, -0.1) is 0 Å². The molecule has 0 spiro atoms. The van der Waals surface area contributed by atoms with Gasteiger partial charge >= 0.3 is 5.97 Å². The average molecular weight is 628 g/mol. The number of nitriles is 1. The summed E-state index contributed by atoms with van der Waals surface area (Å²) in [6, 6.07) is 13.7. The normalized spacial score (nSPS) is 14.0. The van der Waals surface area contributed by atoms with Crippen LogP contribution in [0, 0.1) is 23.0 Å². The molecule has 1 aliphatic rings. The molecule has 1 aliphatic heterocycles. The van der Waals surface area contributed by atoms with Gasteiger partial charge in [-0.05, 0) is 56.2 Å². The summed E-state index contributed by atoms with van der Waals surface area (Å²) in [7, 11) is 0. The molecule has 0 amide bonds. The third kappa shape index (κ3) is 6.67. The minimum absolute atomic E-state index is 0.0348. The molecular weight excluding hydrogens is 596 g/mol. The number of imidazole rings is 2. The second kappa shape index (κ2) is 13.3. The van der Waals surface area contributed by atoms with E-state index in [1.54, 1.807) is 30.7 Å². The number of hydrogen-bond donors (Lipinski definition) is 1. The first-order chi connectivity index (χ1) is 22.3. The molecule has 3 aromatic heterocycles. The first-order valence-electron chi connectivity index (χ1n) is 14.9. The number of fused-ring (bicyclic) bond motifs is 1. The summed E-state index contributed by atoms with van der Waals surface area (Å²) in [4.78, 5) is 27.3. The number of benzene rings is 2. The lowest BCUT2D eigenvalue weighted by atomic mass is 10.1. The van der Waals surface area contributed by atoms with Gasteiger partial charge in [0.2, 0.25) is 5.88 Å². The summed E-state index contributed by atoms with van der Waals surface area (Å²) >= 11 is 0. The zero-order chi connectivity index (χ0) is 32.2. The first kappa shape index (κ1) is 30.7. The maximum absolute atomic E-state index is 15.0. The number of nitrogens with zero attached hydrogens (tertiary/aromatic N) is 7. The summed E-state index contributed by atoms with van der Waals surface area (Å²) < 4.78 is 44.8. The Balaban J connectivity index is 1.11. The molecule has 6 rings (SSSR count). The van der Waals surface area contributed by atoms with Crippen molar-refractivity contribution < 1.29 is 28.2 Å². The van der Waals surface area contributed by atoms with Gasteiger partial charge in [0, 0.05) is 31.9 Å². The number of hydrogen-bond acceptors (Lipinski definition) is 8. The van der Waals surface area contributed by atoms with Crippen molar-refractivity contribution in [1.29, 1.82) is 5.26 Å². The molecule has 1 N–H and O–H groups in total. The van der Waals surface area contributed by atoms with Crippen molar-refractivity contribution in [3.05, 3.63) is 101 Å². The SMILES string of the molecule is CCn1cncc1Cn1c(CN2CCC(Oc3cccc(COc4ccc(C#N)cc4F)n3)CC2)nc2c(F)cc(C(=O)O)cc21. The molecule has 0 unspecified atom stereocenters. The van der Waals surface area contributed by atoms with E-state index in [1.165, 1.54) is 18.2 Å². The number of carboxylic acid groups (broad SMARTS) is 1. The van der Waals surface area contributed by atoms with Gasteiger partial charge in [-0.25, -0.2) is 28.5 Å². The highest BCUT2D eigenvalue weighted by Crippen LogP contribution is 2.26. The van der Waals surface area contributed by atoms with Crippen LogP contribution in [0.25, 0.3) is 11.0 Å². The Morgan fingerprint density at radius 2 is 1.91 bits per heavy atom. The zero-order valence-electron chi connectivity index (χ0n) is 25.1. The largest absolute Gasteiger partial charge is 0.484 e. The number of aromatic nitrogens is 5. The predicted molar refractivity (Wildman–Crippen MR) is 162 cm³/mol. The number of aromatic carboxylic acids is 1. The van der Waals surface area contributed by atoms with Crippen molar-refractivity contribution in [3.8, 4) is 17.7 Å². The number of carboxylic acids is 1. The molecule has 4 heterocycles. The highest BCUT2D eigenvalue weighted by atomic mass is 19.1. The number of piperidine rings is 1. The van der Waals surface area contributed by atoms with Crippen LogP contribution in [-0.2, 0) is 26.2 Å². The van der Waals surface area contributed by atoms with Crippen LogP contribution in [0.15, 0.2) is 61.1 Å². The molecule has 46 heavy (non-hydrogen) atoms. The van der Waals surface area contributed by atoms with Crippen LogP contribution in [0.1, 0.15) is 52.9 Å². The molecule has 5 aromatic rings. The van der Waals surface area contributed by atoms with Gasteiger partial charge in [0.25, 0.3) is 0 Å². The minimum Gasteiger partial charge on any atom is -0.484 e. The van der Waals surface area contributed by atoms with Crippen LogP contribution < -0.4 is 9.47 Å². The highest BCUT2D eigenvalue weighted by molar-refractivity contribution is 5.92. The molecule has 0 radical (unpaired) electrons. The summed E-state index contributed by atoms with van der Waals surface area (Å²) in [5.74, 6) is -1.38. The predicted octanol–water partition coefficient (Wildman–Crippen LogP) is 5.17. The van der Waals surface area contributed by atoms with E-state index in [1.807, 2.05) is 22.1 Å². The number of likely N-dealkylation sites (tertiary alicyclic amines) is 1. The zero-order valence-corrected chi connectivity index (χ0v) is 25.1. The van der Waals surface area contributed by atoms with Crippen LogP contribution in [0.4, 0.5) is 8.78 Å². The summed E-state index contributed by atoms with van der Waals surface area (Å²) in [6.45, 7) is 4.96. The van der Waals surface area contributed by atoms with Crippen LogP contribution >= 0.6 is 0 Å². The van der Waals surface area contributed by atoms with Crippen molar-refractivity contribution in [2.75, 3.05) is 13.1 Å². The lowest BCUT2D eigenvalue weighted by Crippen LogP contribution is -2.38. The fraction of sp³-hybridized carbons (Fsp3) is 0.303. The van der Waals surface area contributed by atoms with E-state index in [0.29, 0.717) is 55.6 Å². The van der Waals surface area contributed by atoms with Crippen LogP contribution in [0.2, 0.25) is 0 Å². The lowest BCUT2D eigenvalue weighted by molar-refractivity contribution is 0.0696. The molecule has 0 bridgehead atoms. The number of carbonyl (C=O) groups is 1. The second-order valence-corrected chi connectivity index (χ2v) is 11.0. The third-order valence-corrected chi connectivity index (χ3v) is 8.00. The van der Waals surface area contributed by atoms with E-state index in [0.717, 1.165) is 30.7 Å². The monoisotopic (exact) mass is 627 g/mol. The molecule has 1 saturated heterocycles.